The van der Waals surface area contributed by atoms with Crippen molar-refractivity contribution in [1.82, 2.24) is 15.1 Å². The normalized spacial score (nSPS) is 11.6. The molecule has 0 fully saturated rings. The maximum Gasteiger partial charge on any atom is 1.00 e. The molecule has 1 heterocycles. The minimum Gasteiger partial charge on any atom is -0.548 e. The Morgan fingerprint density at radius 3 is 2.19 bits per heavy atom. The molecule has 8 heteroatoms. The fraction of sp³-hybridized carbons (Fsp3) is 0.389. The number of aryl methyl sites for hydroxylation is 3. The molecule has 0 saturated heterocycles. The quantitative estimate of drug-likeness (QED) is 0.649. The Morgan fingerprint density at radius 1 is 1.15 bits per heavy atom. The Kier molecular flexibility index (Phi) is 8.49. The smallest absolute Gasteiger partial charge is 0.548 e. The number of aromatic nitrogens is 2. The van der Waals surface area contributed by atoms with Gasteiger partial charge in [0, 0.05) is 12.2 Å². The van der Waals surface area contributed by atoms with Crippen molar-refractivity contribution < 1.29 is 66.1 Å². The van der Waals surface area contributed by atoms with Gasteiger partial charge in [-0.15, -0.1) is 0 Å². The van der Waals surface area contributed by atoms with Crippen LogP contribution in [0.5, 0.6) is 0 Å². The molecule has 0 bridgehead atoms. The number of carboxylic acid groups (broad SMARTS) is 1. The molecule has 26 heavy (non-hydrogen) atoms. The van der Waals surface area contributed by atoms with Crippen LogP contribution in [0, 0.1) is 20.8 Å². The zero-order valence-electron chi connectivity index (χ0n) is 16.1. The summed E-state index contributed by atoms with van der Waals surface area (Å²) in [5.74, 6) is -1.36. The van der Waals surface area contributed by atoms with Crippen molar-refractivity contribution >= 4 is 17.7 Å². The first kappa shape index (κ1) is 22.8. The standard InChI is InChI=1S/C18H24N4O3.K/c1-10(2)22-9-14(8-19-22)20-18(25)21-16(17(23)24)15-12(4)6-11(3)7-13(15)5;/h6-10,16H,1-5H3,(H,23,24)(H2,20,21,25);/q;+1/p-1. The molecule has 0 aliphatic rings. The summed E-state index contributed by atoms with van der Waals surface area (Å²) in [5, 5.41) is 20.8. The van der Waals surface area contributed by atoms with Gasteiger partial charge in [-0.05, 0) is 51.3 Å². The van der Waals surface area contributed by atoms with E-state index < -0.39 is 18.0 Å². The molecule has 0 spiro atoms. The minimum atomic E-state index is -1.36. The van der Waals surface area contributed by atoms with E-state index in [1.807, 2.05) is 46.8 Å². The first-order valence-corrected chi connectivity index (χ1v) is 8.09. The molecule has 1 atom stereocenters. The summed E-state index contributed by atoms with van der Waals surface area (Å²) in [4.78, 5) is 23.8. The number of carboxylic acids is 1. The topological polar surface area (TPSA) is 99.1 Å². The van der Waals surface area contributed by atoms with Gasteiger partial charge in [0.1, 0.15) is 0 Å². The van der Waals surface area contributed by atoms with E-state index in [-0.39, 0.29) is 57.4 Å². The van der Waals surface area contributed by atoms with E-state index in [0.29, 0.717) is 11.3 Å². The van der Waals surface area contributed by atoms with Gasteiger partial charge in [-0.25, -0.2) is 4.79 Å². The molecule has 0 radical (unpaired) electrons. The van der Waals surface area contributed by atoms with Crippen molar-refractivity contribution in [3.63, 3.8) is 0 Å². The second kappa shape index (κ2) is 9.66. The van der Waals surface area contributed by atoms with Crippen LogP contribution in [0.25, 0.3) is 0 Å². The summed E-state index contributed by atoms with van der Waals surface area (Å²) in [6.45, 7) is 9.50. The van der Waals surface area contributed by atoms with Gasteiger partial charge in [-0.3, -0.25) is 4.68 Å². The van der Waals surface area contributed by atoms with Gasteiger partial charge in [-0.2, -0.15) is 5.10 Å². The number of carbonyl (C=O) groups is 2. The molecule has 0 aliphatic carbocycles. The zero-order valence-corrected chi connectivity index (χ0v) is 19.2. The third kappa shape index (κ3) is 5.65. The second-order valence-corrected chi connectivity index (χ2v) is 6.47. The van der Waals surface area contributed by atoms with Gasteiger partial charge in [0.15, 0.2) is 0 Å². The fourth-order valence-electron chi connectivity index (χ4n) is 2.88. The molecule has 2 N–H and O–H groups in total. The molecule has 2 rings (SSSR count). The van der Waals surface area contributed by atoms with Crippen molar-refractivity contribution in [2.24, 2.45) is 0 Å². The molecular weight excluding hydrogens is 359 g/mol. The third-order valence-electron chi connectivity index (χ3n) is 3.93. The SMILES string of the molecule is Cc1cc(C)c(C(NC(=O)Nc2cnn(C(C)C)c2)C(=O)[O-])c(C)c1.[K+]. The first-order valence-electron chi connectivity index (χ1n) is 8.09. The van der Waals surface area contributed by atoms with Gasteiger partial charge >= 0.3 is 57.4 Å². The number of amides is 2. The number of nitrogens with one attached hydrogen (secondary N) is 2. The molecule has 0 saturated carbocycles. The Bertz CT molecular complexity index is 778. The number of urea groups is 1. The van der Waals surface area contributed by atoms with Crippen LogP contribution in [0.15, 0.2) is 24.5 Å². The van der Waals surface area contributed by atoms with Crippen molar-refractivity contribution in [3.05, 3.63) is 46.8 Å². The Balaban J connectivity index is 0.00000338. The number of aliphatic carboxylic acids is 1. The summed E-state index contributed by atoms with van der Waals surface area (Å²) < 4.78 is 1.69. The van der Waals surface area contributed by atoms with E-state index in [9.17, 15) is 14.7 Å². The van der Waals surface area contributed by atoms with Crippen molar-refractivity contribution in [2.45, 2.75) is 46.7 Å². The number of rotatable bonds is 5. The van der Waals surface area contributed by atoms with Crippen LogP contribution in [-0.2, 0) is 4.79 Å². The molecule has 7 nitrogen and oxygen atoms in total. The van der Waals surface area contributed by atoms with Crippen molar-refractivity contribution in [3.8, 4) is 0 Å². The number of hydrogen-bond acceptors (Lipinski definition) is 4. The van der Waals surface area contributed by atoms with E-state index in [2.05, 4.69) is 15.7 Å². The van der Waals surface area contributed by atoms with Gasteiger partial charge in [0.05, 0.1) is 23.9 Å². The maximum atomic E-state index is 12.2. The van der Waals surface area contributed by atoms with Gasteiger partial charge in [0.25, 0.3) is 0 Å². The largest absolute Gasteiger partial charge is 1.00 e. The maximum absolute atomic E-state index is 12.2. The fourth-order valence-corrected chi connectivity index (χ4v) is 2.88. The Hall–Kier alpha value is -1.19. The van der Waals surface area contributed by atoms with E-state index in [4.69, 9.17) is 0 Å². The van der Waals surface area contributed by atoms with E-state index in [1.54, 1.807) is 10.9 Å². The van der Waals surface area contributed by atoms with E-state index in [0.717, 1.165) is 16.7 Å². The average Bonchev–Trinajstić information content (AvgIpc) is 2.93. The summed E-state index contributed by atoms with van der Waals surface area (Å²) in [7, 11) is 0. The molecular formula is C18H23KN4O3. The predicted molar refractivity (Wildman–Crippen MR) is 93.2 cm³/mol. The minimum absolute atomic E-state index is 0. The molecule has 2 aromatic rings. The predicted octanol–water partition coefficient (Wildman–Crippen LogP) is -0.994. The summed E-state index contributed by atoms with van der Waals surface area (Å²) in [6.07, 6.45) is 3.19. The van der Waals surface area contributed by atoms with E-state index in [1.165, 1.54) is 6.20 Å². The molecule has 134 valence electrons. The monoisotopic (exact) mass is 382 g/mol. The average molecular weight is 383 g/mol. The first-order chi connectivity index (χ1) is 11.7. The third-order valence-corrected chi connectivity index (χ3v) is 3.93. The van der Waals surface area contributed by atoms with Crippen LogP contribution in [0.4, 0.5) is 10.5 Å². The number of nitrogens with zero attached hydrogens (tertiary/aromatic N) is 2. The molecule has 2 amide bonds. The Labute approximate surface area is 196 Å². The van der Waals surface area contributed by atoms with E-state index >= 15 is 0 Å². The number of hydrogen-bond donors (Lipinski definition) is 2. The van der Waals surface area contributed by atoms with Gasteiger partial charge in [-0.1, -0.05) is 17.7 Å². The van der Waals surface area contributed by atoms with Crippen LogP contribution < -0.4 is 67.1 Å². The number of benzene rings is 1. The Morgan fingerprint density at radius 2 is 1.73 bits per heavy atom. The molecule has 0 aliphatic heterocycles. The molecule has 1 aromatic carbocycles. The van der Waals surface area contributed by atoms with Crippen LogP contribution in [-0.4, -0.2) is 21.8 Å². The molecule has 1 aromatic heterocycles. The zero-order chi connectivity index (χ0) is 18.7. The van der Waals surface area contributed by atoms with Gasteiger partial charge < -0.3 is 20.5 Å². The number of anilines is 1. The van der Waals surface area contributed by atoms with Crippen LogP contribution in [0.1, 0.15) is 48.2 Å². The summed E-state index contributed by atoms with van der Waals surface area (Å²) >= 11 is 0. The summed E-state index contributed by atoms with van der Waals surface area (Å²) in [5.41, 5.74) is 3.64. The van der Waals surface area contributed by atoms with Crippen LogP contribution in [0.2, 0.25) is 0 Å². The molecule has 1 unspecified atom stereocenters. The van der Waals surface area contributed by atoms with Crippen molar-refractivity contribution in [2.75, 3.05) is 5.32 Å². The van der Waals surface area contributed by atoms with Crippen LogP contribution >= 0.6 is 0 Å². The van der Waals surface area contributed by atoms with Crippen molar-refractivity contribution in [1.29, 1.82) is 0 Å². The second-order valence-electron chi connectivity index (χ2n) is 6.47. The number of carbonyl (C=O) groups excluding carboxylic acids is 2. The summed E-state index contributed by atoms with van der Waals surface area (Å²) in [6, 6.07) is 2.06. The van der Waals surface area contributed by atoms with Crippen LogP contribution in [0.3, 0.4) is 0 Å². The van der Waals surface area contributed by atoms with Gasteiger partial charge in [0.2, 0.25) is 0 Å².